The van der Waals surface area contributed by atoms with Crippen molar-refractivity contribution in [3.8, 4) is 22.2 Å². The number of primary amides is 1. The zero-order chi connectivity index (χ0) is 21.4. The fourth-order valence-corrected chi connectivity index (χ4v) is 4.90. The summed E-state index contributed by atoms with van der Waals surface area (Å²) in [4.78, 5) is 21.3. The number of hydrogen-bond acceptors (Lipinski definition) is 6. The zero-order valence-electron chi connectivity index (χ0n) is 17.8. The number of hydrogen-bond donors (Lipinski definition) is 1. The molecular weight excluding hydrogens is 398 g/mol. The third-order valence-electron chi connectivity index (χ3n) is 5.78. The van der Waals surface area contributed by atoms with E-state index in [0.29, 0.717) is 12.3 Å². The predicted octanol–water partition coefficient (Wildman–Crippen LogP) is 4.83. The maximum Gasteiger partial charge on any atom is 0.220 e. The maximum atomic E-state index is 11.6. The summed E-state index contributed by atoms with van der Waals surface area (Å²) in [5.74, 6) is 1.55. The van der Waals surface area contributed by atoms with Crippen molar-refractivity contribution in [1.29, 1.82) is 0 Å². The first-order valence-electron chi connectivity index (χ1n) is 10.3. The number of ether oxygens (including phenoxy) is 2. The number of carbonyl (C=O) groups excluding carboxylic acids is 1. The molecule has 2 aromatic heterocycles. The summed E-state index contributed by atoms with van der Waals surface area (Å²) < 4.78 is 11.9. The van der Waals surface area contributed by atoms with E-state index in [0.717, 1.165) is 57.2 Å². The van der Waals surface area contributed by atoms with Crippen LogP contribution in [0.1, 0.15) is 50.3 Å². The average Bonchev–Trinajstić information content (AvgIpc) is 3.38. The van der Waals surface area contributed by atoms with E-state index in [9.17, 15) is 4.79 Å². The smallest absolute Gasteiger partial charge is 0.220 e. The van der Waals surface area contributed by atoms with E-state index in [2.05, 4.69) is 19.2 Å². The molecule has 4 rings (SSSR count). The van der Waals surface area contributed by atoms with E-state index in [-0.39, 0.29) is 17.9 Å². The Kier molecular flexibility index (Phi) is 5.64. The quantitative estimate of drug-likeness (QED) is 0.611. The Hall–Kier alpha value is -2.67. The van der Waals surface area contributed by atoms with Gasteiger partial charge in [0.15, 0.2) is 0 Å². The Morgan fingerprint density at radius 2 is 2.03 bits per heavy atom. The van der Waals surface area contributed by atoms with Crippen molar-refractivity contribution in [1.82, 2.24) is 9.97 Å². The minimum atomic E-state index is -0.244. The minimum absolute atomic E-state index is 0.0362. The Morgan fingerprint density at radius 1 is 1.23 bits per heavy atom. The first-order valence-corrected chi connectivity index (χ1v) is 11.2. The summed E-state index contributed by atoms with van der Waals surface area (Å²) >= 11 is 1.59. The second-order valence-corrected chi connectivity index (χ2v) is 9.04. The minimum Gasteiger partial charge on any atom is -0.496 e. The van der Waals surface area contributed by atoms with E-state index in [1.165, 1.54) is 0 Å². The van der Waals surface area contributed by atoms with Crippen molar-refractivity contribution in [2.45, 2.75) is 52.1 Å². The molecule has 0 aliphatic heterocycles. The molecule has 0 radical (unpaired) electrons. The van der Waals surface area contributed by atoms with Crippen molar-refractivity contribution in [3.05, 3.63) is 34.8 Å². The van der Waals surface area contributed by atoms with Crippen LogP contribution in [0.2, 0.25) is 0 Å². The van der Waals surface area contributed by atoms with Gasteiger partial charge in [-0.2, -0.15) is 0 Å². The summed E-state index contributed by atoms with van der Waals surface area (Å²) in [6, 6.07) is 5.89. The SMILES string of the molecule is COc1ccc2c(OC3CC[C@H](C(N)=O)C3)cc(-c3nc(C(C)C)cs3)nc2c1C. The lowest BCUT2D eigenvalue weighted by Crippen LogP contribution is -2.22. The monoisotopic (exact) mass is 425 g/mol. The van der Waals surface area contributed by atoms with E-state index >= 15 is 0 Å². The molecule has 1 aromatic carbocycles. The molecule has 0 saturated heterocycles. The highest BCUT2D eigenvalue weighted by Gasteiger charge is 2.30. The third-order valence-corrected chi connectivity index (χ3v) is 6.66. The van der Waals surface area contributed by atoms with Crippen LogP contribution in [0.3, 0.4) is 0 Å². The number of aryl methyl sites for hydroxylation is 1. The summed E-state index contributed by atoms with van der Waals surface area (Å²) in [6.45, 7) is 6.26. The first kappa shape index (κ1) is 20.6. The number of amides is 1. The Labute approximate surface area is 180 Å². The van der Waals surface area contributed by atoms with Crippen LogP contribution < -0.4 is 15.2 Å². The fraction of sp³-hybridized carbons (Fsp3) is 0.435. The van der Waals surface area contributed by atoms with Crippen molar-refractivity contribution in [2.24, 2.45) is 11.7 Å². The van der Waals surface area contributed by atoms with Crippen LogP contribution in [0.5, 0.6) is 11.5 Å². The van der Waals surface area contributed by atoms with Crippen LogP contribution in [-0.2, 0) is 4.79 Å². The molecule has 0 spiro atoms. The average molecular weight is 426 g/mol. The number of nitrogens with two attached hydrogens (primary N) is 1. The molecule has 1 saturated carbocycles. The second kappa shape index (κ2) is 8.22. The van der Waals surface area contributed by atoms with E-state index < -0.39 is 0 Å². The van der Waals surface area contributed by atoms with Gasteiger partial charge in [0.2, 0.25) is 5.91 Å². The molecule has 1 aliphatic rings. The third kappa shape index (κ3) is 3.86. The highest BCUT2D eigenvalue weighted by molar-refractivity contribution is 7.13. The van der Waals surface area contributed by atoms with Gasteiger partial charge in [-0.25, -0.2) is 9.97 Å². The van der Waals surface area contributed by atoms with Crippen LogP contribution in [0.4, 0.5) is 0 Å². The zero-order valence-corrected chi connectivity index (χ0v) is 18.6. The summed E-state index contributed by atoms with van der Waals surface area (Å²) in [5.41, 5.74) is 9.14. The number of pyridine rings is 1. The number of methoxy groups -OCH3 is 1. The molecule has 6 nitrogen and oxygen atoms in total. The van der Waals surface area contributed by atoms with Gasteiger partial charge in [-0.1, -0.05) is 13.8 Å². The Bertz CT molecular complexity index is 1090. The highest BCUT2D eigenvalue weighted by atomic mass is 32.1. The van der Waals surface area contributed by atoms with Crippen LogP contribution in [0, 0.1) is 12.8 Å². The molecule has 2 atom stereocenters. The largest absolute Gasteiger partial charge is 0.496 e. The molecule has 7 heteroatoms. The molecule has 2 N–H and O–H groups in total. The van der Waals surface area contributed by atoms with E-state index in [1.807, 2.05) is 25.1 Å². The molecule has 30 heavy (non-hydrogen) atoms. The highest BCUT2D eigenvalue weighted by Crippen LogP contribution is 2.38. The molecule has 1 aliphatic carbocycles. The molecule has 1 unspecified atom stereocenters. The maximum absolute atomic E-state index is 11.6. The molecular formula is C23H27N3O3S. The molecule has 3 aromatic rings. The molecule has 158 valence electrons. The van der Waals surface area contributed by atoms with Crippen LogP contribution in [0.25, 0.3) is 21.6 Å². The lowest BCUT2D eigenvalue weighted by molar-refractivity contribution is -0.121. The topological polar surface area (TPSA) is 87.3 Å². The number of fused-ring (bicyclic) bond motifs is 1. The van der Waals surface area contributed by atoms with Crippen molar-refractivity contribution < 1.29 is 14.3 Å². The Morgan fingerprint density at radius 3 is 2.67 bits per heavy atom. The lowest BCUT2D eigenvalue weighted by Gasteiger charge is -2.17. The van der Waals surface area contributed by atoms with Gasteiger partial charge >= 0.3 is 0 Å². The van der Waals surface area contributed by atoms with Gasteiger partial charge in [0, 0.05) is 28.3 Å². The molecule has 1 fully saturated rings. The van der Waals surface area contributed by atoms with Gasteiger partial charge in [-0.15, -0.1) is 11.3 Å². The molecule has 2 heterocycles. The number of carbonyl (C=O) groups is 1. The van der Waals surface area contributed by atoms with Gasteiger partial charge in [0.1, 0.15) is 22.2 Å². The fourth-order valence-electron chi connectivity index (χ4n) is 3.96. The second-order valence-electron chi connectivity index (χ2n) is 8.18. The number of thiazole rings is 1. The number of rotatable bonds is 6. The standard InChI is InChI=1S/C23H27N3O3S/c1-12(2)18-11-30-23(26-18)17-10-20(29-15-6-5-14(9-15)22(24)27)16-7-8-19(28-4)13(3)21(16)25-17/h7-8,10-12,14-15H,5-6,9H2,1-4H3,(H2,24,27)/t14-,15?/m0/s1. The van der Waals surface area contributed by atoms with E-state index in [4.69, 9.17) is 25.2 Å². The Balaban J connectivity index is 1.79. The summed E-state index contributed by atoms with van der Waals surface area (Å²) in [7, 11) is 1.66. The predicted molar refractivity (Wildman–Crippen MR) is 119 cm³/mol. The van der Waals surface area contributed by atoms with Crippen molar-refractivity contribution in [3.63, 3.8) is 0 Å². The van der Waals surface area contributed by atoms with Gasteiger partial charge in [0.25, 0.3) is 0 Å². The molecule has 1 amide bonds. The van der Waals surface area contributed by atoms with Gasteiger partial charge in [0.05, 0.1) is 24.4 Å². The van der Waals surface area contributed by atoms with Crippen molar-refractivity contribution >= 4 is 28.1 Å². The van der Waals surface area contributed by atoms with Gasteiger partial charge in [-0.05, 0) is 44.2 Å². The van der Waals surface area contributed by atoms with Gasteiger partial charge < -0.3 is 15.2 Å². The first-order chi connectivity index (χ1) is 14.4. The lowest BCUT2D eigenvalue weighted by atomic mass is 10.1. The van der Waals surface area contributed by atoms with Crippen LogP contribution in [-0.4, -0.2) is 29.1 Å². The normalized spacial score (nSPS) is 18.8. The van der Waals surface area contributed by atoms with Crippen molar-refractivity contribution in [2.75, 3.05) is 7.11 Å². The van der Waals surface area contributed by atoms with Crippen LogP contribution in [0.15, 0.2) is 23.6 Å². The number of benzene rings is 1. The van der Waals surface area contributed by atoms with Crippen LogP contribution >= 0.6 is 11.3 Å². The van der Waals surface area contributed by atoms with Gasteiger partial charge in [-0.3, -0.25) is 4.79 Å². The number of nitrogens with zero attached hydrogens (tertiary/aromatic N) is 2. The summed E-state index contributed by atoms with van der Waals surface area (Å²) in [6.07, 6.45) is 2.20. The molecule has 0 bridgehead atoms. The van der Waals surface area contributed by atoms with E-state index in [1.54, 1.807) is 18.4 Å². The summed E-state index contributed by atoms with van der Waals surface area (Å²) in [5, 5.41) is 3.88. The number of aromatic nitrogens is 2.